The van der Waals surface area contributed by atoms with Gasteiger partial charge in [0.05, 0.1) is 5.52 Å². The van der Waals surface area contributed by atoms with E-state index in [1.54, 1.807) is 18.2 Å². The Morgan fingerprint density at radius 1 is 0.862 bits per heavy atom. The van der Waals surface area contributed by atoms with Crippen LogP contribution < -0.4 is 14.2 Å². The molecule has 2 heterocycles. The number of benzene rings is 3. The topological polar surface area (TPSA) is 60.8 Å². The number of hydrogen-bond acceptors (Lipinski definition) is 5. The van der Waals surface area contributed by atoms with Gasteiger partial charge in [-0.1, -0.05) is 36.4 Å². The lowest BCUT2D eigenvalue weighted by Crippen LogP contribution is -2.35. The second-order valence-corrected chi connectivity index (χ2v) is 6.87. The largest absolute Gasteiger partial charge is 0.489 e. The highest BCUT2D eigenvalue weighted by Crippen LogP contribution is 2.37. The summed E-state index contributed by atoms with van der Waals surface area (Å²) in [6.45, 7) is 0.273. The first-order valence-electron chi connectivity index (χ1n) is 9.46. The minimum atomic E-state index is -0.827. The lowest BCUT2D eigenvalue weighted by Gasteiger charge is -2.30. The van der Waals surface area contributed by atoms with Crippen molar-refractivity contribution in [2.45, 2.75) is 12.2 Å². The van der Waals surface area contributed by atoms with Crippen LogP contribution in [0.5, 0.6) is 23.1 Å². The Morgan fingerprint density at radius 2 is 1.69 bits per heavy atom. The van der Waals surface area contributed by atoms with E-state index in [1.165, 1.54) is 0 Å². The molecule has 0 amide bonds. The highest BCUT2D eigenvalue weighted by atomic mass is 16.5. The van der Waals surface area contributed by atoms with Gasteiger partial charge in [0.15, 0.2) is 6.10 Å². The van der Waals surface area contributed by atoms with Gasteiger partial charge in [-0.25, -0.2) is 4.98 Å². The summed E-state index contributed by atoms with van der Waals surface area (Å²) in [4.78, 5) is 4.53. The Kier molecular flexibility index (Phi) is 4.50. The van der Waals surface area contributed by atoms with Crippen molar-refractivity contribution in [1.82, 2.24) is 4.98 Å². The SMILES string of the molecule is O[C@H]1c2cc(Oc3ccc4ccccc4n3)ccc2OC[C@H]1Oc1ccccc1. The van der Waals surface area contributed by atoms with Crippen molar-refractivity contribution >= 4 is 10.9 Å². The molecule has 1 aliphatic heterocycles. The fraction of sp³-hybridized carbons (Fsp3) is 0.125. The van der Waals surface area contributed by atoms with Crippen molar-refractivity contribution in [2.24, 2.45) is 0 Å². The van der Waals surface area contributed by atoms with Gasteiger partial charge in [0.25, 0.3) is 0 Å². The fourth-order valence-corrected chi connectivity index (χ4v) is 3.41. The number of aliphatic hydroxyl groups is 1. The van der Waals surface area contributed by atoms with Crippen molar-refractivity contribution in [1.29, 1.82) is 0 Å². The van der Waals surface area contributed by atoms with Gasteiger partial charge in [0.2, 0.25) is 5.88 Å². The molecule has 4 aromatic rings. The number of para-hydroxylation sites is 2. The third-order valence-electron chi connectivity index (χ3n) is 4.88. The van der Waals surface area contributed by atoms with Crippen LogP contribution >= 0.6 is 0 Å². The molecule has 0 bridgehead atoms. The summed E-state index contributed by atoms with van der Waals surface area (Å²) in [6.07, 6.45) is -1.33. The maximum absolute atomic E-state index is 10.8. The predicted octanol–water partition coefficient (Wildman–Crippen LogP) is 4.90. The average molecular weight is 385 g/mol. The summed E-state index contributed by atoms with van der Waals surface area (Å²) in [7, 11) is 0. The summed E-state index contributed by atoms with van der Waals surface area (Å²) in [5.41, 5.74) is 1.50. The maximum atomic E-state index is 10.8. The van der Waals surface area contributed by atoms with Gasteiger partial charge in [-0.05, 0) is 42.5 Å². The van der Waals surface area contributed by atoms with Crippen molar-refractivity contribution < 1.29 is 19.3 Å². The summed E-state index contributed by atoms with van der Waals surface area (Å²) >= 11 is 0. The molecule has 0 unspecified atom stereocenters. The molecule has 5 heteroatoms. The van der Waals surface area contributed by atoms with Gasteiger partial charge in [0, 0.05) is 17.0 Å². The third-order valence-corrected chi connectivity index (χ3v) is 4.88. The van der Waals surface area contributed by atoms with E-state index < -0.39 is 12.2 Å². The Morgan fingerprint density at radius 3 is 2.59 bits per heavy atom. The quantitative estimate of drug-likeness (QED) is 0.541. The summed E-state index contributed by atoms with van der Waals surface area (Å²) in [6, 6.07) is 26.5. The number of pyridine rings is 1. The Labute approximate surface area is 168 Å². The van der Waals surface area contributed by atoms with Crippen LogP contribution in [-0.4, -0.2) is 22.8 Å². The molecule has 0 fully saturated rings. The van der Waals surface area contributed by atoms with E-state index in [9.17, 15) is 5.11 Å². The highest BCUT2D eigenvalue weighted by Gasteiger charge is 2.31. The lowest BCUT2D eigenvalue weighted by atomic mass is 10.0. The number of aromatic nitrogens is 1. The second kappa shape index (κ2) is 7.45. The zero-order chi connectivity index (χ0) is 19.6. The van der Waals surface area contributed by atoms with E-state index in [0.717, 1.165) is 10.9 Å². The van der Waals surface area contributed by atoms with E-state index in [1.807, 2.05) is 66.7 Å². The number of nitrogens with zero attached hydrogens (tertiary/aromatic N) is 1. The van der Waals surface area contributed by atoms with Crippen LogP contribution in [0.4, 0.5) is 0 Å². The van der Waals surface area contributed by atoms with E-state index in [2.05, 4.69) is 4.98 Å². The Bertz CT molecular complexity index is 1150. The van der Waals surface area contributed by atoms with Crippen LogP contribution in [0.2, 0.25) is 0 Å². The first kappa shape index (κ1) is 17.5. The molecular weight excluding hydrogens is 366 g/mol. The van der Waals surface area contributed by atoms with Crippen molar-refractivity contribution in [3.63, 3.8) is 0 Å². The fourth-order valence-electron chi connectivity index (χ4n) is 3.41. The molecule has 29 heavy (non-hydrogen) atoms. The van der Waals surface area contributed by atoms with E-state index in [4.69, 9.17) is 14.2 Å². The van der Waals surface area contributed by atoms with Crippen molar-refractivity contribution in [3.05, 3.63) is 90.5 Å². The molecule has 144 valence electrons. The first-order valence-corrected chi connectivity index (χ1v) is 9.46. The van der Waals surface area contributed by atoms with Gasteiger partial charge < -0.3 is 19.3 Å². The standard InChI is InChI=1S/C24H19NO4/c26-24-19-14-18(29-23-13-10-16-6-4-5-9-20(16)25-23)11-12-21(19)27-15-22(24)28-17-7-2-1-3-8-17/h1-14,22,24,26H,15H2/t22-,24+/m1/s1. The van der Waals surface area contributed by atoms with Crippen LogP contribution in [0.1, 0.15) is 11.7 Å². The molecule has 0 aliphatic carbocycles. The molecule has 0 saturated heterocycles. The van der Waals surface area contributed by atoms with Crippen LogP contribution in [0.25, 0.3) is 10.9 Å². The molecule has 1 N–H and O–H groups in total. The number of ether oxygens (including phenoxy) is 3. The number of fused-ring (bicyclic) bond motifs is 2. The molecule has 5 rings (SSSR count). The molecule has 2 atom stereocenters. The summed E-state index contributed by atoms with van der Waals surface area (Å²) in [5.74, 6) is 2.39. The normalized spacial score (nSPS) is 18.0. The summed E-state index contributed by atoms with van der Waals surface area (Å²) in [5, 5.41) is 11.9. The molecule has 0 saturated carbocycles. The Balaban J connectivity index is 1.38. The molecule has 1 aliphatic rings. The Hall–Kier alpha value is -3.57. The lowest BCUT2D eigenvalue weighted by molar-refractivity contribution is -0.0104. The van der Waals surface area contributed by atoms with E-state index >= 15 is 0 Å². The highest BCUT2D eigenvalue weighted by molar-refractivity contribution is 5.78. The van der Waals surface area contributed by atoms with Crippen molar-refractivity contribution in [3.8, 4) is 23.1 Å². The van der Waals surface area contributed by atoms with Crippen LogP contribution in [0.3, 0.4) is 0 Å². The number of aliphatic hydroxyl groups excluding tert-OH is 1. The van der Waals surface area contributed by atoms with E-state index in [0.29, 0.717) is 28.7 Å². The number of rotatable bonds is 4. The van der Waals surface area contributed by atoms with Gasteiger partial charge in [-0.2, -0.15) is 0 Å². The van der Waals surface area contributed by atoms with Crippen LogP contribution in [-0.2, 0) is 0 Å². The van der Waals surface area contributed by atoms with E-state index in [-0.39, 0.29) is 6.61 Å². The molecule has 1 aromatic heterocycles. The number of hydrogen-bond donors (Lipinski definition) is 1. The van der Waals surface area contributed by atoms with Crippen LogP contribution in [0.15, 0.2) is 84.9 Å². The zero-order valence-corrected chi connectivity index (χ0v) is 15.6. The predicted molar refractivity (Wildman–Crippen MR) is 110 cm³/mol. The van der Waals surface area contributed by atoms with Crippen LogP contribution in [0, 0.1) is 0 Å². The first-order chi connectivity index (χ1) is 14.3. The molecule has 5 nitrogen and oxygen atoms in total. The van der Waals surface area contributed by atoms with Gasteiger partial charge >= 0.3 is 0 Å². The average Bonchev–Trinajstić information content (AvgIpc) is 2.77. The summed E-state index contributed by atoms with van der Waals surface area (Å²) < 4.78 is 17.6. The monoisotopic (exact) mass is 385 g/mol. The maximum Gasteiger partial charge on any atom is 0.219 e. The van der Waals surface area contributed by atoms with Gasteiger partial charge in [-0.15, -0.1) is 0 Å². The molecule has 0 radical (unpaired) electrons. The minimum absolute atomic E-state index is 0.273. The smallest absolute Gasteiger partial charge is 0.219 e. The van der Waals surface area contributed by atoms with Gasteiger partial charge in [-0.3, -0.25) is 0 Å². The third kappa shape index (κ3) is 3.60. The molecular formula is C24H19NO4. The van der Waals surface area contributed by atoms with Gasteiger partial charge in [0.1, 0.15) is 30.0 Å². The molecule has 3 aromatic carbocycles. The molecule has 0 spiro atoms. The zero-order valence-electron chi connectivity index (χ0n) is 15.6. The minimum Gasteiger partial charge on any atom is -0.489 e. The second-order valence-electron chi connectivity index (χ2n) is 6.87. The van der Waals surface area contributed by atoms with Crippen molar-refractivity contribution in [2.75, 3.05) is 6.61 Å².